The van der Waals surface area contributed by atoms with Crippen molar-refractivity contribution >= 4 is 26.8 Å². The predicted octanol–water partition coefficient (Wildman–Crippen LogP) is 5.31. The van der Waals surface area contributed by atoms with Gasteiger partial charge in [0.05, 0.1) is 23.9 Å². The van der Waals surface area contributed by atoms with Crippen LogP contribution in [0.5, 0.6) is 5.75 Å². The lowest BCUT2D eigenvalue weighted by Crippen LogP contribution is -2.41. The van der Waals surface area contributed by atoms with Crippen molar-refractivity contribution in [2.75, 3.05) is 6.61 Å². The van der Waals surface area contributed by atoms with Crippen molar-refractivity contribution in [3.63, 3.8) is 0 Å². The number of halogens is 1. The molecule has 5 rings (SSSR count). The lowest BCUT2D eigenvalue weighted by molar-refractivity contribution is -0.00890. The summed E-state index contributed by atoms with van der Waals surface area (Å²) in [6, 6.07) is 8.49. The Morgan fingerprint density at radius 3 is 2.86 bits per heavy atom. The highest BCUT2D eigenvalue weighted by atomic mass is 79.9. The highest BCUT2D eigenvalue weighted by molar-refractivity contribution is 9.10. The van der Waals surface area contributed by atoms with Gasteiger partial charge in [-0.25, -0.2) is 0 Å². The van der Waals surface area contributed by atoms with E-state index in [9.17, 15) is 5.11 Å². The second-order valence-electron chi connectivity index (χ2n) is 9.41. The van der Waals surface area contributed by atoms with E-state index in [1.165, 1.54) is 11.1 Å². The summed E-state index contributed by atoms with van der Waals surface area (Å²) in [6.07, 6.45) is 8.14. The first-order chi connectivity index (χ1) is 13.8. The van der Waals surface area contributed by atoms with Gasteiger partial charge >= 0.3 is 0 Å². The molecule has 1 aliphatic carbocycles. The second-order valence-corrected chi connectivity index (χ2v) is 10.3. The van der Waals surface area contributed by atoms with Crippen molar-refractivity contribution in [2.24, 2.45) is 5.92 Å². The summed E-state index contributed by atoms with van der Waals surface area (Å²) < 4.78 is 7.09. The van der Waals surface area contributed by atoms with Crippen LogP contribution in [0.3, 0.4) is 0 Å². The van der Waals surface area contributed by atoms with Crippen LogP contribution in [0.4, 0.5) is 0 Å². The fourth-order valence-corrected chi connectivity index (χ4v) is 5.57. The zero-order valence-electron chi connectivity index (χ0n) is 17.0. The summed E-state index contributed by atoms with van der Waals surface area (Å²) in [5.41, 5.74) is 3.61. The summed E-state index contributed by atoms with van der Waals surface area (Å²) in [6.45, 7) is 5.21. The first-order valence-corrected chi connectivity index (χ1v) is 11.2. The highest BCUT2D eigenvalue weighted by Gasteiger charge is 2.48. The van der Waals surface area contributed by atoms with E-state index in [0.717, 1.165) is 52.7 Å². The number of hydrogen-bond donors (Lipinski definition) is 2. The number of aromatic nitrogens is 2. The van der Waals surface area contributed by atoms with Gasteiger partial charge in [0.25, 0.3) is 0 Å². The molecule has 1 atom stereocenters. The van der Waals surface area contributed by atoms with Gasteiger partial charge in [-0.2, -0.15) is 0 Å². The van der Waals surface area contributed by atoms with Crippen LogP contribution in [0.15, 0.2) is 41.1 Å². The van der Waals surface area contributed by atoms with E-state index in [1.54, 1.807) is 0 Å². The quantitative estimate of drug-likeness (QED) is 0.530. The molecule has 0 amide bonds. The van der Waals surface area contributed by atoms with E-state index < -0.39 is 5.60 Å². The topological polar surface area (TPSA) is 58.1 Å². The minimum atomic E-state index is -0.744. The van der Waals surface area contributed by atoms with E-state index in [1.807, 2.05) is 18.5 Å². The third-order valence-electron chi connectivity index (χ3n) is 6.54. The number of ether oxygens (including phenoxy) is 1. The van der Waals surface area contributed by atoms with E-state index in [4.69, 9.17) is 4.74 Å². The zero-order valence-corrected chi connectivity index (χ0v) is 18.6. The molecular weight excluding hydrogens is 428 g/mol. The van der Waals surface area contributed by atoms with Crippen LogP contribution in [0.2, 0.25) is 0 Å². The van der Waals surface area contributed by atoms with Crippen molar-refractivity contribution in [3.05, 3.63) is 58.0 Å². The Bertz CT molecular complexity index is 1040. The Labute approximate surface area is 179 Å². The summed E-state index contributed by atoms with van der Waals surface area (Å²) in [4.78, 5) is 7.65. The molecule has 2 aliphatic rings. The number of nitrogens with zero attached hydrogens (tertiary/aromatic N) is 1. The first-order valence-electron chi connectivity index (χ1n) is 10.4. The Balaban J connectivity index is 1.47. The normalized spacial score (nSPS) is 18.5. The molecule has 3 heterocycles. The van der Waals surface area contributed by atoms with E-state index >= 15 is 0 Å². The number of pyridine rings is 1. The minimum absolute atomic E-state index is 0.205. The number of aliphatic hydroxyl groups is 1. The number of aromatic amines is 1. The molecule has 1 fully saturated rings. The maximum atomic E-state index is 11.9. The van der Waals surface area contributed by atoms with Crippen LogP contribution in [-0.2, 0) is 18.3 Å². The molecule has 5 heteroatoms. The van der Waals surface area contributed by atoms with Crippen LogP contribution in [-0.4, -0.2) is 27.3 Å². The van der Waals surface area contributed by atoms with Gasteiger partial charge in [0, 0.05) is 40.2 Å². The zero-order chi connectivity index (χ0) is 20.2. The Hall–Kier alpha value is -1.85. The fraction of sp³-hybridized carbons (Fsp3) is 0.458. The maximum Gasteiger partial charge on any atom is 0.126 e. The van der Waals surface area contributed by atoms with Crippen LogP contribution in [0.25, 0.3) is 10.9 Å². The summed E-state index contributed by atoms with van der Waals surface area (Å²) in [5.74, 6) is 1.38. The first kappa shape index (κ1) is 19.1. The number of fused-ring (bicyclic) bond motifs is 2. The lowest BCUT2D eigenvalue weighted by Gasteiger charge is -2.37. The molecule has 4 nitrogen and oxygen atoms in total. The molecule has 0 saturated heterocycles. The average molecular weight is 455 g/mol. The third-order valence-corrected chi connectivity index (χ3v) is 7.00. The molecule has 0 bridgehead atoms. The number of rotatable bonds is 6. The minimum Gasteiger partial charge on any atom is -0.493 e. The van der Waals surface area contributed by atoms with Gasteiger partial charge in [0.15, 0.2) is 0 Å². The summed E-state index contributed by atoms with van der Waals surface area (Å²) >= 11 is 3.67. The third kappa shape index (κ3) is 3.59. The Kier molecular flexibility index (Phi) is 4.52. The monoisotopic (exact) mass is 454 g/mol. The van der Waals surface area contributed by atoms with Gasteiger partial charge < -0.3 is 14.8 Å². The lowest BCUT2D eigenvalue weighted by atomic mass is 9.71. The van der Waals surface area contributed by atoms with Crippen molar-refractivity contribution in [2.45, 2.75) is 57.0 Å². The summed E-state index contributed by atoms with van der Waals surface area (Å²) in [5, 5.41) is 13.0. The molecule has 2 N–H and O–H groups in total. The highest BCUT2D eigenvalue weighted by Crippen LogP contribution is 2.50. The van der Waals surface area contributed by atoms with Gasteiger partial charge in [0.1, 0.15) is 5.75 Å². The van der Waals surface area contributed by atoms with Crippen LogP contribution >= 0.6 is 15.9 Å². The van der Waals surface area contributed by atoms with Gasteiger partial charge in [-0.1, -0.05) is 29.8 Å². The molecule has 1 saturated carbocycles. The molecule has 1 aromatic carbocycles. The molecule has 3 aromatic rings. The van der Waals surface area contributed by atoms with Crippen molar-refractivity contribution < 1.29 is 9.84 Å². The Morgan fingerprint density at radius 1 is 1.28 bits per heavy atom. The SMILES string of the molecule is CC(C)(CC(O)(Cc1cc2ccncc2[nH]1)C1CC1)c1cc(Br)cc2c1OCC2. The van der Waals surface area contributed by atoms with Crippen molar-refractivity contribution in [1.82, 2.24) is 9.97 Å². The standard InChI is InChI=1S/C24H27BrN2O2/c1-23(2,20-11-18(25)9-16-6-8-29-22(16)20)14-24(28,17-3-4-17)12-19-10-15-5-7-26-13-21(15)27-19/h5,7,9-11,13,17,27-28H,3-4,6,8,12,14H2,1-2H3. The van der Waals surface area contributed by atoms with Gasteiger partial charge in [-0.15, -0.1) is 0 Å². The smallest absolute Gasteiger partial charge is 0.126 e. The van der Waals surface area contributed by atoms with Gasteiger partial charge in [-0.05, 0) is 60.4 Å². The summed E-state index contributed by atoms with van der Waals surface area (Å²) in [7, 11) is 0. The molecular formula is C24H27BrN2O2. The predicted molar refractivity (Wildman–Crippen MR) is 118 cm³/mol. The maximum absolute atomic E-state index is 11.9. The molecule has 0 spiro atoms. The fourth-order valence-electron chi connectivity index (χ4n) is 5.06. The van der Waals surface area contributed by atoms with E-state index in [0.29, 0.717) is 18.8 Å². The number of nitrogens with one attached hydrogen (secondary N) is 1. The van der Waals surface area contributed by atoms with E-state index in [-0.39, 0.29) is 5.41 Å². The van der Waals surface area contributed by atoms with Crippen LogP contribution in [0.1, 0.15) is 49.9 Å². The van der Waals surface area contributed by atoms with Crippen LogP contribution in [0, 0.1) is 5.92 Å². The molecule has 2 aromatic heterocycles. The molecule has 152 valence electrons. The Morgan fingerprint density at radius 2 is 2.10 bits per heavy atom. The number of hydrogen-bond acceptors (Lipinski definition) is 3. The van der Waals surface area contributed by atoms with Crippen molar-refractivity contribution in [3.8, 4) is 5.75 Å². The number of H-pyrrole nitrogens is 1. The largest absolute Gasteiger partial charge is 0.493 e. The van der Waals surface area contributed by atoms with Gasteiger partial charge in [0.2, 0.25) is 0 Å². The van der Waals surface area contributed by atoms with Crippen molar-refractivity contribution in [1.29, 1.82) is 0 Å². The molecule has 1 unspecified atom stereocenters. The van der Waals surface area contributed by atoms with Gasteiger partial charge in [-0.3, -0.25) is 4.98 Å². The van der Waals surface area contributed by atoms with Crippen LogP contribution < -0.4 is 4.74 Å². The van der Waals surface area contributed by atoms with E-state index in [2.05, 4.69) is 57.9 Å². The number of benzene rings is 1. The second kappa shape index (κ2) is 6.85. The molecule has 29 heavy (non-hydrogen) atoms. The molecule has 0 radical (unpaired) electrons. The molecule has 1 aliphatic heterocycles. The average Bonchev–Trinajstić information content (AvgIpc) is 3.30.